The van der Waals surface area contributed by atoms with E-state index < -0.39 is 0 Å². The van der Waals surface area contributed by atoms with Crippen molar-refractivity contribution in [1.29, 1.82) is 0 Å². The van der Waals surface area contributed by atoms with Crippen molar-refractivity contribution in [3.05, 3.63) is 69.5 Å². The first kappa shape index (κ1) is 17.0. The topological polar surface area (TPSA) is 53.6 Å². The van der Waals surface area contributed by atoms with E-state index in [1.54, 1.807) is 17.0 Å². The molecule has 0 aliphatic carbocycles. The van der Waals surface area contributed by atoms with Gasteiger partial charge in [0.25, 0.3) is 5.91 Å². The molecule has 5 nitrogen and oxygen atoms in total. The highest BCUT2D eigenvalue weighted by Crippen LogP contribution is 2.28. The number of nitrogens with one attached hydrogen (secondary N) is 2. The zero-order valence-electron chi connectivity index (χ0n) is 14.3. The fraction of sp³-hybridized carbons (Fsp3) is 0.316. The molecule has 0 radical (unpaired) electrons. The van der Waals surface area contributed by atoms with Crippen LogP contribution in [-0.2, 0) is 4.74 Å². The first-order valence-corrected chi connectivity index (χ1v) is 8.89. The number of benzene rings is 1. The van der Waals surface area contributed by atoms with Gasteiger partial charge in [-0.3, -0.25) is 4.79 Å². The molecule has 0 bridgehead atoms. The van der Waals surface area contributed by atoms with Gasteiger partial charge in [0.15, 0.2) is 0 Å². The van der Waals surface area contributed by atoms with E-state index in [0.29, 0.717) is 30.1 Å². The smallest absolute Gasteiger partial charge is 0.254 e. The maximum Gasteiger partial charge on any atom is 0.254 e. The van der Waals surface area contributed by atoms with Gasteiger partial charge >= 0.3 is 0 Å². The molecular formula is C19H19ClFN3O2. The lowest BCUT2D eigenvalue weighted by atomic mass is 10.1. The van der Waals surface area contributed by atoms with E-state index in [1.165, 1.54) is 6.08 Å². The molecule has 1 amide bonds. The van der Waals surface area contributed by atoms with E-state index in [9.17, 15) is 9.18 Å². The summed E-state index contributed by atoms with van der Waals surface area (Å²) in [5.41, 5.74) is 3.22. The van der Waals surface area contributed by atoms with Crippen molar-refractivity contribution in [3.8, 4) is 0 Å². The third-order valence-corrected chi connectivity index (χ3v) is 4.84. The summed E-state index contributed by atoms with van der Waals surface area (Å²) in [6.07, 6.45) is 3.38. The maximum absolute atomic E-state index is 13.1. The predicted octanol–water partition coefficient (Wildman–Crippen LogP) is 2.99. The fourth-order valence-electron chi connectivity index (χ4n) is 3.35. The van der Waals surface area contributed by atoms with Crippen LogP contribution in [0.4, 0.5) is 4.39 Å². The van der Waals surface area contributed by atoms with E-state index >= 15 is 0 Å². The largest absolute Gasteiger partial charge is 0.467 e. The molecule has 0 spiro atoms. The Hall–Kier alpha value is -2.47. The number of ether oxygens (including phenoxy) is 1. The number of rotatable bonds is 2. The highest BCUT2D eigenvalue weighted by atomic mass is 35.5. The molecule has 0 saturated heterocycles. The average Bonchev–Trinajstić information content (AvgIpc) is 3.04. The van der Waals surface area contributed by atoms with Gasteiger partial charge in [-0.25, -0.2) is 4.39 Å². The molecule has 7 heteroatoms. The Morgan fingerprint density at radius 2 is 2.19 bits per heavy atom. The highest BCUT2D eigenvalue weighted by Gasteiger charge is 2.33. The zero-order valence-corrected chi connectivity index (χ0v) is 15.1. The third-order valence-electron chi connectivity index (χ3n) is 4.62. The summed E-state index contributed by atoms with van der Waals surface area (Å²) >= 11 is 6.08. The molecule has 0 fully saturated rings. The quantitative estimate of drug-likeness (QED) is 0.834. The molecule has 3 aliphatic heterocycles. The van der Waals surface area contributed by atoms with E-state index in [1.807, 2.05) is 19.1 Å². The van der Waals surface area contributed by atoms with Gasteiger partial charge in [0.2, 0.25) is 6.23 Å². The molecule has 2 N–H and O–H groups in total. The lowest BCUT2D eigenvalue weighted by molar-refractivity contribution is 0.0750. The van der Waals surface area contributed by atoms with Crippen LogP contribution in [0.25, 0.3) is 0 Å². The number of halogens is 2. The lowest BCUT2D eigenvalue weighted by Gasteiger charge is -2.27. The minimum atomic E-state index is -0.368. The van der Waals surface area contributed by atoms with Gasteiger partial charge in [-0.1, -0.05) is 11.6 Å². The molecule has 1 aromatic rings. The molecule has 0 aromatic heterocycles. The molecule has 1 atom stereocenters. The standard InChI is InChI=1S/C19H19ClFN3O2/c1-11-6-12(8-13(20)7-11)19(25)24-5-4-17-16(10-24)23-18(26-17)15-3-2-14(21)9-22-15/h2-3,6-8,18,22-23H,4-5,9-10H2,1H3. The van der Waals surface area contributed by atoms with E-state index in [2.05, 4.69) is 10.6 Å². The van der Waals surface area contributed by atoms with Crippen molar-refractivity contribution in [1.82, 2.24) is 15.5 Å². The predicted molar refractivity (Wildman–Crippen MR) is 97.0 cm³/mol. The number of amides is 1. The summed E-state index contributed by atoms with van der Waals surface area (Å²) in [6, 6.07) is 5.37. The third kappa shape index (κ3) is 3.29. The summed E-state index contributed by atoms with van der Waals surface area (Å²) in [5, 5.41) is 6.85. The van der Waals surface area contributed by atoms with Gasteiger partial charge in [-0.2, -0.15) is 0 Å². The van der Waals surface area contributed by atoms with Gasteiger partial charge in [0.1, 0.15) is 11.6 Å². The number of nitrogens with zero attached hydrogens (tertiary/aromatic N) is 1. The van der Waals surface area contributed by atoms with Crippen LogP contribution in [0.1, 0.15) is 22.3 Å². The second kappa shape index (κ2) is 6.68. The molecule has 136 valence electrons. The highest BCUT2D eigenvalue weighted by molar-refractivity contribution is 6.31. The number of carbonyl (C=O) groups is 1. The van der Waals surface area contributed by atoms with Crippen LogP contribution in [0.3, 0.4) is 0 Å². The van der Waals surface area contributed by atoms with Crippen LogP contribution in [0, 0.1) is 6.92 Å². The molecule has 26 heavy (non-hydrogen) atoms. The molecular weight excluding hydrogens is 357 g/mol. The van der Waals surface area contributed by atoms with E-state index in [0.717, 1.165) is 22.7 Å². The van der Waals surface area contributed by atoms with Crippen molar-refractivity contribution in [3.63, 3.8) is 0 Å². The van der Waals surface area contributed by atoms with Crippen molar-refractivity contribution >= 4 is 17.5 Å². The number of hydrogen-bond acceptors (Lipinski definition) is 4. The van der Waals surface area contributed by atoms with Crippen molar-refractivity contribution in [2.75, 3.05) is 19.6 Å². The second-order valence-electron chi connectivity index (χ2n) is 6.63. The summed E-state index contributed by atoms with van der Waals surface area (Å²) in [7, 11) is 0. The lowest BCUT2D eigenvalue weighted by Crippen LogP contribution is -2.40. The number of dihydropyridines is 1. The zero-order chi connectivity index (χ0) is 18.3. The van der Waals surface area contributed by atoms with E-state index in [4.69, 9.17) is 16.3 Å². The minimum Gasteiger partial charge on any atom is -0.467 e. The van der Waals surface area contributed by atoms with Crippen LogP contribution in [0.2, 0.25) is 5.02 Å². The number of hydrogen-bond donors (Lipinski definition) is 2. The first-order valence-electron chi connectivity index (χ1n) is 8.51. The van der Waals surface area contributed by atoms with Gasteiger partial charge in [0, 0.05) is 23.6 Å². The van der Waals surface area contributed by atoms with Gasteiger partial charge in [-0.05, 0) is 42.8 Å². The number of allylic oxidation sites excluding steroid dienone is 2. The average molecular weight is 376 g/mol. The Morgan fingerprint density at radius 3 is 2.92 bits per heavy atom. The fourth-order valence-corrected chi connectivity index (χ4v) is 3.64. The number of aryl methyl sites for hydroxylation is 1. The van der Waals surface area contributed by atoms with Crippen LogP contribution in [-0.4, -0.2) is 36.7 Å². The first-order chi connectivity index (χ1) is 12.5. The van der Waals surface area contributed by atoms with Crippen LogP contribution < -0.4 is 10.6 Å². The Bertz CT molecular complexity index is 842. The molecule has 1 aromatic carbocycles. The SMILES string of the molecule is Cc1cc(Cl)cc(C(=O)N2CCC3=C(C2)NC(C2=CC=C(F)CN2)O3)c1. The van der Waals surface area contributed by atoms with Crippen LogP contribution in [0.5, 0.6) is 0 Å². The van der Waals surface area contributed by atoms with E-state index in [-0.39, 0.29) is 24.5 Å². The molecule has 3 aliphatic rings. The van der Waals surface area contributed by atoms with Crippen molar-refractivity contribution < 1.29 is 13.9 Å². The Balaban J connectivity index is 1.46. The Morgan fingerprint density at radius 1 is 1.35 bits per heavy atom. The Labute approximate surface area is 156 Å². The van der Waals surface area contributed by atoms with Crippen molar-refractivity contribution in [2.45, 2.75) is 19.6 Å². The maximum atomic E-state index is 13.1. The van der Waals surface area contributed by atoms with Gasteiger partial charge in [0.05, 0.1) is 24.5 Å². The van der Waals surface area contributed by atoms with Crippen molar-refractivity contribution in [2.24, 2.45) is 0 Å². The molecule has 0 saturated carbocycles. The summed E-state index contributed by atoms with van der Waals surface area (Å²) < 4.78 is 19.1. The minimum absolute atomic E-state index is 0.0487. The Kier molecular flexibility index (Phi) is 4.36. The van der Waals surface area contributed by atoms with Crippen LogP contribution in [0.15, 0.2) is 53.3 Å². The summed E-state index contributed by atoms with van der Waals surface area (Å²) in [4.78, 5) is 14.6. The molecule has 4 rings (SSSR count). The summed E-state index contributed by atoms with van der Waals surface area (Å²) in [5.74, 6) is 0.601. The second-order valence-corrected chi connectivity index (χ2v) is 7.06. The molecule has 3 heterocycles. The monoisotopic (exact) mass is 375 g/mol. The van der Waals surface area contributed by atoms with Crippen LogP contribution >= 0.6 is 11.6 Å². The number of carbonyl (C=O) groups excluding carboxylic acids is 1. The summed E-state index contributed by atoms with van der Waals surface area (Å²) in [6.45, 7) is 3.11. The molecule has 1 unspecified atom stereocenters. The van der Waals surface area contributed by atoms with Gasteiger partial charge < -0.3 is 20.3 Å². The van der Waals surface area contributed by atoms with Gasteiger partial charge in [-0.15, -0.1) is 0 Å². The normalized spacial score (nSPS) is 22.0.